The second-order valence-electron chi connectivity index (χ2n) is 7.69. The van der Waals surface area contributed by atoms with Gasteiger partial charge in [0.1, 0.15) is 0 Å². The predicted molar refractivity (Wildman–Crippen MR) is 103 cm³/mol. The van der Waals surface area contributed by atoms with E-state index in [1.807, 2.05) is 6.07 Å². The number of nitrogens with two attached hydrogens (primary N) is 1. The van der Waals surface area contributed by atoms with Gasteiger partial charge in [0, 0.05) is 30.4 Å². The molecule has 1 aliphatic heterocycles. The average molecular weight is 369 g/mol. The van der Waals surface area contributed by atoms with Crippen LogP contribution < -0.4 is 5.73 Å². The number of hydrogen-bond acceptors (Lipinski definition) is 4. The highest BCUT2D eigenvalue weighted by Crippen LogP contribution is 2.54. The van der Waals surface area contributed by atoms with Crippen molar-refractivity contribution in [1.82, 2.24) is 9.88 Å². The topological polar surface area (TPSA) is 71.6 Å². The van der Waals surface area contributed by atoms with Gasteiger partial charge in [-0.1, -0.05) is 37.6 Å². The number of halogens is 1. The second-order valence-corrected chi connectivity index (χ2v) is 8.13. The Bertz CT molecular complexity index is 953. The van der Waals surface area contributed by atoms with Crippen LogP contribution in [0.2, 0.25) is 5.02 Å². The molecule has 2 heterocycles. The number of benzene rings is 1. The summed E-state index contributed by atoms with van der Waals surface area (Å²) in [4.78, 5) is 23.6. The van der Waals surface area contributed by atoms with Gasteiger partial charge in [0.2, 0.25) is 0 Å². The molecule has 4 rings (SSSR count). The third-order valence-electron chi connectivity index (χ3n) is 5.78. The van der Waals surface area contributed by atoms with Gasteiger partial charge in [-0.2, -0.15) is 0 Å². The molecule has 1 atom stereocenters. The van der Waals surface area contributed by atoms with Crippen molar-refractivity contribution in [2.75, 3.05) is 7.05 Å². The first-order valence-corrected chi connectivity index (χ1v) is 9.02. The van der Waals surface area contributed by atoms with Gasteiger partial charge in [-0.05, 0) is 41.7 Å². The van der Waals surface area contributed by atoms with Gasteiger partial charge in [0.05, 0.1) is 5.02 Å². The molecular formula is C20H21ClN4O. The van der Waals surface area contributed by atoms with Crippen LogP contribution in [0, 0.1) is 5.41 Å². The predicted octanol–water partition coefficient (Wildman–Crippen LogP) is 3.36. The Kier molecular flexibility index (Phi) is 3.63. The molecule has 5 nitrogen and oxygen atoms in total. The molecule has 26 heavy (non-hydrogen) atoms. The number of aliphatic imine (C=N–C) groups is 1. The van der Waals surface area contributed by atoms with Crippen LogP contribution in [0.4, 0.5) is 0 Å². The van der Waals surface area contributed by atoms with Gasteiger partial charge in [-0.3, -0.25) is 14.7 Å². The minimum atomic E-state index is -0.985. The number of hydrogen-bond donors (Lipinski definition) is 1. The molecule has 6 heteroatoms. The number of guanidine groups is 1. The third-order valence-corrected chi connectivity index (χ3v) is 5.98. The van der Waals surface area contributed by atoms with Gasteiger partial charge >= 0.3 is 0 Å². The number of aryl methyl sites for hydroxylation is 1. The Morgan fingerprint density at radius 1 is 1.19 bits per heavy atom. The maximum Gasteiger partial charge on any atom is 0.262 e. The summed E-state index contributed by atoms with van der Waals surface area (Å²) in [5, 5.41) is 0.578. The number of rotatable bonds is 1. The van der Waals surface area contributed by atoms with Crippen LogP contribution in [-0.2, 0) is 16.8 Å². The number of nitrogens with zero attached hydrogens (tertiary/aromatic N) is 3. The molecule has 1 aromatic heterocycles. The second kappa shape index (κ2) is 5.55. The molecule has 1 unspecified atom stereocenters. The number of pyridine rings is 1. The average Bonchev–Trinajstić information content (AvgIpc) is 2.84. The van der Waals surface area contributed by atoms with Crippen LogP contribution in [0.5, 0.6) is 0 Å². The summed E-state index contributed by atoms with van der Waals surface area (Å²) < 4.78 is 0. The SMILES string of the molecule is CN1C(=O)C2(N=C1N)c1cc(-c3cncc(Cl)c3)ccc1CCC2(C)C. The summed E-state index contributed by atoms with van der Waals surface area (Å²) in [6, 6.07) is 8.06. The zero-order chi connectivity index (χ0) is 18.7. The molecule has 0 saturated heterocycles. The fourth-order valence-corrected chi connectivity index (χ4v) is 4.30. The monoisotopic (exact) mass is 368 g/mol. The molecule has 0 radical (unpaired) electrons. The van der Waals surface area contributed by atoms with Gasteiger partial charge in [0.25, 0.3) is 5.91 Å². The van der Waals surface area contributed by atoms with Crippen molar-refractivity contribution in [2.45, 2.75) is 32.2 Å². The summed E-state index contributed by atoms with van der Waals surface area (Å²) in [5.41, 5.74) is 8.68. The summed E-state index contributed by atoms with van der Waals surface area (Å²) in [6.45, 7) is 4.19. The van der Waals surface area contributed by atoms with Gasteiger partial charge in [-0.15, -0.1) is 0 Å². The van der Waals surface area contributed by atoms with E-state index in [4.69, 9.17) is 22.3 Å². The van der Waals surface area contributed by atoms with Crippen LogP contribution in [0.3, 0.4) is 0 Å². The summed E-state index contributed by atoms with van der Waals surface area (Å²) in [7, 11) is 1.69. The number of aromatic nitrogens is 1. The lowest BCUT2D eigenvalue weighted by Crippen LogP contribution is -2.51. The number of amides is 1. The molecule has 0 saturated carbocycles. The molecular weight excluding hydrogens is 348 g/mol. The highest BCUT2D eigenvalue weighted by Gasteiger charge is 2.59. The fraction of sp³-hybridized carbons (Fsp3) is 0.350. The van der Waals surface area contributed by atoms with Crippen molar-refractivity contribution in [1.29, 1.82) is 0 Å². The Labute approximate surface area is 157 Å². The maximum absolute atomic E-state index is 13.3. The van der Waals surface area contributed by atoms with Crippen LogP contribution >= 0.6 is 11.6 Å². The number of carbonyl (C=O) groups excluding carboxylic acids is 1. The van der Waals surface area contributed by atoms with E-state index in [9.17, 15) is 4.79 Å². The quantitative estimate of drug-likeness (QED) is 0.838. The normalized spacial score (nSPS) is 23.9. The summed E-state index contributed by atoms with van der Waals surface area (Å²) >= 11 is 6.10. The molecule has 0 fully saturated rings. The zero-order valence-corrected chi connectivity index (χ0v) is 15.8. The van der Waals surface area contributed by atoms with E-state index in [-0.39, 0.29) is 17.3 Å². The standard InChI is InChI=1S/C20H21ClN4O/c1-19(2)7-6-12-4-5-13(14-8-15(21)11-23-10-14)9-16(12)20(19)17(26)25(3)18(22)24-20/h4-5,8-11H,6-7H2,1-3H3,(H2,22,24). The van der Waals surface area contributed by atoms with E-state index in [0.717, 1.165) is 35.1 Å². The molecule has 0 bridgehead atoms. The number of likely N-dealkylation sites (N-methyl/N-ethyl adjacent to an activating group) is 1. The third kappa shape index (κ3) is 2.20. The molecule has 2 aliphatic rings. The van der Waals surface area contributed by atoms with E-state index < -0.39 is 5.54 Å². The van der Waals surface area contributed by atoms with Crippen LogP contribution in [0.15, 0.2) is 41.7 Å². The van der Waals surface area contributed by atoms with E-state index in [2.05, 4.69) is 37.0 Å². The largest absolute Gasteiger partial charge is 0.369 e. The highest BCUT2D eigenvalue weighted by atomic mass is 35.5. The Balaban J connectivity index is 1.96. The molecule has 1 aliphatic carbocycles. The zero-order valence-electron chi connectivity index (χ0n) is 15.1. The molecule has 1 amide bonds. The first kappa shape index (κ1) is 17.0. The maximum atomic E-state index is 13.3. The number of fused-ring (bicyclic) bond motifs is 2. The molecule has 134 valence electrons. The minimum absolute atomic E-state index is 0.0673. The lowest BCUT2D eigenvalue weighted by atomic mass is 9.60. The van der Waals surface area contributed by atoms with Gasteiger partial charge in [-0.25, -0.2) is 4.99 Å². The van der Waals surface area contributed by atoms with E-state index >= 15 is 0 Å². The molecule has 2 aromatic rings. The molecule has 2 N–H and O–H groups in total. The van der Waals surface area contributed by atoms with Gasteiger partial charge in [0.15, 0.2) is 11.5 Å². The van der Waals surface area contributed by atoms with Crippen molar-refractivity contribution in [3.63, 3.8) is 0 Å². The highest BCUT2D eigenvalue weighted by molar-refractivity contribution is 6.30. The van der Waals surface area contributed by atoms with Crippen molar-refractivity contribution in [2.24, 2.45) is 16.1 Å². The first-order chi connectivity index (χ1) is 12.3. The van der Waals surface area contributed by atoms with Crippen molar-refractivity contribution in [3.8, 4) is 11.1 Å². The fourth-order valence-electron chi connectivity index (χ4n) is 4.13. The molecule has 1 aromatic carbocycles. The summed E-state index contributed by atoms with van der Waals surface area (Å²) in [5.74, 6) is 0.202. The lowest BCUT2D eigenvalue weighted by molar-refractivity contribution is -0.135. The van der Waals surface area contributed by atoms with E-state index in [1.165, 1.54) is 4.90 Å². The van der Waals surface area contributed by atoms with Crippen molar-refractivity contribution in [3.05, 3.63) is 52.8 Å². The minimum Gasteiger partial charge on any atom is -0.369 e. The Hall–Kier alpha value is -2.40. The van der Waals surface area contributed by atoms with Crippen molar-refractivity contribution < 1.29 is 4.79 Å². The van der Waals surface area contributed by atoms with E-state index in [0.29, 0.717) is 5.02 Å². The molecule has 1 spiro atoms. The van der Waals surface area contributed by atoms with Crippen molar-refractivity contribution >= 4 is 23.5 Å². The van der Waals surface area contributed by atoms with Gasteiger partial charge < -0.3 is 5.73 Å². The smallest absolute Gasteiger partial charge is 0.262 e. The number of carbonyl (C=O) groups is 1. The Morgan fingerprint density at radius 2 is 1.96 bits per heavy atom. The van der Waals surface area contributed by atoms with Crippen LogP contribution in [0.25, 0.3) is 11.1 Å². The lowest BCUT2D eigenvalue weighted by Gasteiger charge is -2.45. The van der Waals surface area contributed by atoms with E-state index in [1.54, 1.807) is 19.4 Å². The van der Waals surface area contributed by atoms with Crippen LogP contribution in [-0.4, -0.2) is 28.8 Å². The first-order valence-electron chi connectivity index (χ1n) is 8.64. The summed E-state index contributed by atoms with van der Waals surface area (Å²) in [6.07, 6.45) is 5.15. The van der Waals surface area contributed by atoms with Crippen LogP contribution in [0.1, 0.15) is 31.4 Å². The Morgan fingerprint density at radius 3 is 2.62 bits per heavy atom.